The van der Waals surface area contributed by atoms with E-state index in [2.05, 4.69) is 94.1 Å². The van der Waals surface area contributed by atoms with Gasteiger partial charge in [-0.05, 0) is 41.0 Å². The van der Waals surface area contributed by atoms with Crippen molar-refractivity contribution in [3.63, 3.8) is 0 Å². The third kappa shape index (κ3) is 7.89. The molecule has 0 saturated carbocycles. The second-order valence-corrected chi connectivity index (χ2v) is 9.18. The van der Waals surface area contributed by atoms with Crippen LogP contribution in [-0.4, -0.2) is 11.4 Å². The molecule has 0 N–H and O–H groups in total. The normalized spacial score (nSPS) is 13.1. The largest absolute Gasteiger partial charge is 0.295 e. The van der Waals surface area contributed by atoms with Gasteiger partial charge in [-0.1, -0.05) is 108 Å². The van der Waals surface area contributed by atoms with Gasteiger partial charge in [0.05, 0.1) is 0 Å². The lowest BCUT2D eigenvalue weighted by Gasteiger charge is -2.25. The van der Waals surface area contributed by atoms with Gasteiger partial charge in [-0.25, -0.2) is 0 Å². The summed E-state index contributed by atoms with van der Waals surface area (Å²) in [5.74, 6) is 0.812. The molecule has 0 heterocycles. The van der Waals surface area contributed by atoms with E-state index in [-0.39, 0.29) is 5.41 Å². The van der Waals surface area contributed by atoms with Gasteiger partial charge in [0.25, 0.3) is 0 Å². The summed E-state index contributed by atoms with van der Waals surface area (Å²) in [5.41, 5.74) is 4.45. The van der Waals surface area contributed by atoms with Gasteiger partial charge in [-0.3, -0.25) is 4.90 Å². The van der Waals surface area contributed by atoms with Crippen molar-refractivity contribution in [1.82, 2.24) is 4.90 Å². The Labute approximate surface area is 167 Å². The van der Waals surface area contributed by atoms with Crippen LogP contribution in [0.2, 0.25) is 0 Å². The predicted molar refractivity (Wildman–Crippen MR) is 119 cm³/mol. The van der Waals surface area contributed by atoms with Crippen molar-refractivity contribution in [3.8, 4) is 0 Å². The van der Waals surface area contributed by atoms with E-state index < -0.39 is 0 Å². The van der Waals surface area contributed by atoms with Gasteiger partial charge < -0.3 is 0 Å². The summed E-state index contributed by atoms with van der Waals surface area (Å²) in [7, 11) is 0. The predicted octanol–water partition coefficient (Wildman–Crippen LogP) is 7.20. The molecule has 1 unspecified atom stereocenters. The molecule has 27 heavy (non-hydrogen) atoms. The van der Waals surface area contributed by atoms with Crippen molar-refractivity contribution >= 4 is 0 Å². The van der Waals surface area contributed by atoms with Crippen molar-refractivity contribution in [2.45, 2.75) is 78.8 Å². The minimum Gasteiger partial charge on any atom is -0.295 e. The molecule has 0 fully saturated rings. The Kier molecular flexibility index (Phi) is 8.57. The van der Waals surface area contributed by atoms with Gasteiger partial charge in [0.1, 0.15) is 0 Å². The van der Waals surface area contributed by atoms with E-state index in [9.17, 15) is 0 Å². The molecule has 2 aromatic rings. The van der Waals surface area contributed by atoms with Crippen molar-refractivity contribution in [2.24, 2.45) is 5.92 Å². The van der Waals surface area contributed by atoms with E-state index in [1.165, 1.54) is 48.9 Å². The molecule has 1 atom stereocenters. The Bertz CT molecular complexity index is 636. The second kappa shape index (κ2) is 10.7. The fourth-order valence-electron chi connectivity index (χ4n) is 3.52. The lowest BCUT2D eigenvalue weighted by Crippen LogP contribution is -2.25. The fourth-order valence-corrected chi connectivity index (χ4v) is 3.52. The molecule has 0 amide bonds. The number of nitrogens with zero attached hydrogens (tertiary/aromatic N) is 1. The van der Waals surface area contributed by atoms with E-state index >= 15 is 0 Å². The highest BCUT2D eigenvalue weighted by Crippen LogP contribution is 2.23. The quantitative estimate of drug-likeness (QED) is 0.430. The van der Waals surface area contributed by atoms with Gasteiger partial charge >= 0.3 is 0 Å². The summed E-state index contributed by atoms with van der Waals surface area (Å²) in [4.78, 5) is 2.61. The van der Waals surface area contributed by atoms with Crippen LogP contribution in [0, 0.1) is 5.92 Å². The summed E-state index contributed by atoms with van der Waals surface area (Å²) in [6, 6.07) is 20.1. The maximum absolute atomic E-state index is 2.61. The number of benzene rings is 2. The van der Waals surface area contributed by atoms with Crippen molar-refractivity contribution < 1.29 is 0 Å². The molecule has 0 saturated heterocycles. The van der Waals surface area contributed by atoms with Crippen molar-refractivity contribution in [3.05, 3.63) is 71.3 Å². The third-order valence-corrected chi connectivity index (χ3v) is 5.46. The summed E-state index contributed by atoms with van der Waals surface area (Å²) >= 11 is 0. The molecule has 0 aliphatic carbocycles. The Balaban J connectivity index is 2.02. The molecule has 1 heteroatoms. The van der Waals surface area contributed by atoms with E-state index in [4.69, 9.17) is 0 Å². The average Bonchev–Trinajstić information content (AvgIpc) is 2.65. The highest BCUT2D eigenvalue weighted by atomic mass is 15.1. The highest BCUT2D eigenvalue weighted by Gasteiger charge is 2.14. The van der Waals surface area contributed by atoms with Crippen molar-refractivity contribution in [1.29, 1.82) is 0 Å². The number of hydrogen-bond donors (Lipinski definition) is 0. The summed E-state index contributed by atoms with van der Waals surface area (Å²) in [6.07, 6.45) is 5.30. The molecule has 1 nitrogen and oxygen atoms in total. The average molecular weight is 366 g/mol. The SMILES string of the molecule is CCCCC(C)CCN(Cc1ccccc1)Cc1ccc(C(C)(C)C)cc1. The molecule has 2 aromatic carbocycles. The maximum atomic E-state index is 2.61. The van der Waals surface area contributed by atoms with Crippen LogP contribution in [0.15, 0.2) is 54.6 Å². The number of unbranched alkanes of at least 4 members (excludes halogenated alkanes) is 1. The van der Waals surface area contributed by atoms with Crippen LogP contribution in [0.1, 0.15) is 77.0 Å². The van der Waals surface area contributed by atoms with Crippen LogP contribution in [-0.2, 0) is 18.5 Å². The number of rotatable bonds is 10. The molecule has 0 radical (unpaired) electrons. The molecule has 0 aliphatic heterocycles. The van der Waals surface area contributed by atoms with Crippen LogP contribution < -0.4 is 0 Å². The molecule has 0 spiro atoms. The van der Waals surface area contributed by atoms with Gasteiger partial charge in [0, 0.05) is 13.1 Å². The zero-order valence-corrected chi connectivity index (χ0v) is 18.2. The summed E-state index contributed by atoms with van der Waals surface area (Å²) in [6.45, 7) is 14.8. The maximum Gasteiger partial charge on any atom is 0.0237 e. The van der Waals surface area contributed by atoms with E-state index in [1.807, 2.05) is 0 Å². The van der Waals surface area contributed by atoms with Crippen molar-refractivity contribution in [2.75, 3.05) is 6.54 Å². The minimum atomic E-state index is 0.219. The summed E-state index contributed by atoms with van der Waals surface area (Å²) < 4.78 is 0. The first kappa shape index (κ1) is 21.7. The zero-order chi connectivity index (χ0) is 19.7. The zero-order valence-electron chi connectivity index (χ0n) is 18.2. The molecule has 0 aromatic heterocycles. The van der Waals surface area contributed by atoms with Crippen LogP contribution in [0.3, 0.4) is 0 Å². The molecule has 0 bridgehead atoms. The van der Waals surface area contributed by atoms with Gasteiger partial charge in [-0.2, -0.15) is 0 Å². The Morgan fingerprint density at radius 3 is 1.96 bits per heavy atom. The van der Waals surface area contributed by atoms with Crippen LogP contribution >= 0.6 is 0 Å². The topological polar surface area (TPSA) is 3.24 Å². The minimum absolute atomic E-state index is 0.219. The molecule has 148 valence electrons. The lowest BCUT2D eigenvalue weighted by molar-refractivity contribution is 0.235. The van der Waals surface area contributed by atoms with Crippen LogP contribution in [0.4, 0.5) is 0 Å². The highest BCUT2D eigenvalue weighted by molar-refractivity contribution is 5.27. The van der Waals surface area contributed by atoms with E-state index in [1.54, 1.807) is 0 Å². The van der Waals surface area contributed by atoms with Crippen LogP contribution in [0.5, 0.6) is 0 Å². The number of hydrogen-bond acceptors (Lipinski definition) is 1. The van der Waals surface area contributed by atoms with Gasteiger partial charge in [0.15, 0.2) is 0 Å². The first-order valence-electron chi connectivity index (χ1n) is 10.7. The Morgan fingerprint density at radius 1 is 0.815 bits per heavy atom. The van der Waals surface area contributed by atoms with E-state index in [0.717, 1.165) is 19.0 Å². The smallest absolute Gasteiger partial charge is 0.0237 e. The molecule has 2 rings (SSSR count). The molecule has 0 aliphatic rings. The summed E-state index contributed by atoms with van der Waals surface area (Å²) in [5, 5.41) is 0. The third-order valence-electron chi connectivity index (χ3n) is 5.46. The fraction of sp³-hybridized carbons (Fsp3) is 0.538. The first-order chi connectivity index (χ1) is 12.9. The van der Waals surface area contributed by atoms with Gasteiger partial charge in [-0.15, -0.1) is 0 Å². The second-order valence-electron chi connectivity index (χ2n) is 9.18. The first-order valence-corrected chi connectivity index (χ1v) is 10.7. The monoisotopic (exact) mass is 365 g/mol. The Hall–Kier alpha value is -1.60. The van der Waals surface area contributed by atoms with Crippen LogP contribution in [0.25, 0.3) is 0 Å². The van der Waals surface area contributed by atoms with E-state index in [0.29, 0.717) is 0 Å². The lowest BCUT2D eigenvalue weighted by atomic mass is 9.87. The van der Waals surface area contributed by atoms with Gasteiger partial charge in [0.2, 0.25) is 0 Å². The molecular formula is C26H39N. The molecular weight excluding hydrogens is 326 g/mol. The standard InChI is InChI=1S/C26H39N/c1-6-7-11-22(2)18-19-27(20-23-12-9-8-10-13-23)21-24-14-16-25(17-15-24)26(3,4)5/h8-10,12-17,22H,6-7,11,18-21H2,1-5H3. The Morgan fingerprint density at radius 2 is 1.41 bits per heavy atom.